The van der Waals surface area contributed by atoms with E-state index >= 15 is 0 Å². The van der Waals surface area contributed by atoms with E-state index in [0.29, 0.717) is 5.11 Å². The number of nitrogens with one attached hydrogen (secondary N) is 4. The summed E-state index contributed by atoms with van der Waals surface area (Å²) in [5.74, 6) is -0.0397. The van der Waals surface area contributed by atoms with Gasteiger partial charge in [0.2, 0.25) is 5.91 Å². The minimum atomic E-state index is -0.178. The first-order chi connectivity index (χ1) is 6.16. The Bertz CT molecular complexity index is 257. The summed E-state index contributed by atoms with van der Waals surface area (Å²) >= 11 is 4.88. The number of carbonyl (C=O) groups excluding carboxylic acids is 1. The van der Waals surface area contributed by atoms with Crippen molar-refractivity contribution in [2.24, 2.45) is 0 Å². The van der Waals surface area contributed by atoms with Crippen molar-refractivity contribution < 1.29 is 4.79 Å². The van der Waals surface area contributed by atoms with Gasteiger partial charge in [0.1, 0.15) is 6.04 Å². The average molecular weight is 200 g/mol. The highest BCUT2D eigenvalue weighted by atomic mass is 32.1. The molecule has 3 unspecified atom stereocenters. The molecule has 0 spiro atoms. The standard InChI is InChI=1S/C7H12N4OS/c1-3-8-2-4-5(9-3)6(12)11-7(13)10-4/h3-5,8-9H,2H2,1H3,(H2,10,11,12,13). The van der Waals surface area contributed by atoms with Gasteiger partial charge in [0.25, 0.3) is 0 Å². The summed E-state index contributed by atoms with van der Waals surface area (Å²) < 4.78 is 0. The van der Waals surface area contributed by atoms with Gasteiger partial charge in [-0.05, 0) is 19.1 Å². The van der Waals surface area contributed by atoms with Gasteiger partial charge in [0.15, 0.2) is 5.11 Å². The van der Waals surface area contributed by atoms with Crippen LogP contribution in [0.5, 0.6) is 0 Å². The average Bonchev–Trinajstić information content (AvgIpc) is 2.06. The van der Waals surface area contributed by atoms with Crippen molar-refractivity contribution in [2.75, 3.05) is 6.54 Å². The van der Waals surface area contributed by atoms with E-state index in [4.69, 9.17) is 12.2 Å². The molecular formula is C7H12N4OS. The Balaban J connectivity index is 2.11. The molecule has 0 aromatic heterocycles. The molecule has 0 aromatic carbocycles. The van der Waals surface area contributed by atoms with E-state index in [0.717, 1.165) is 6.54 Å². The highest BCUT2D eigenvalue weighted by Gasteiger charge is 2.37. The predicted octanol–water partition coefficient (Wildman–Crippen LogP) is -1.73. The molecule has 0 aliphatic carbocycles. The molecule has 0 saturated carbocycles. The second-order valence-electron chi connectivity index (χ2n) is 3.34. The first-order valence-corrected chi connectivity index (χ1v) is 4.68. The normalized spacial score (nSPS) is 39.0. The van der Waals surface area contributed by atoms with Gasteiger partial charge in [-0.25, -0.2) is 0 Å². The summed E-state index contributed by atoms with van der Waals surface area (Å²) in [5, 5.41) is 12.4. The maximum Gasteiger partial charge on any atom is 0.245 e. The number of hydrogen-bond acceptors (Lipinski definition) is 4. The SMILES string of the molecule is CC1NCC2NC(=S)NC(=O)C2N1. The summed E-state index contributed by atoms with van der Waals surface area (Å²) in [4.78, 5) is 11.5. The van der Waals surface area contributed by atoms with Crippen LogP contribution in [-0.4, -0.2) is 35.8 Å². The molecule has 1 amide bonds. The Kier molecular flexibility index (Phi) is 2.19. The van der Waals surface area contributed by atoms with E-state index in [1.807, 2.05) is 6.92 Å². The van der Waals surface area contributed by atoms with Gasteiger partial charge >= 0.3 is 0 Å². The molecule has 72 valence electrons. The van der Waals surface area contributed by atoms with E-state index in [9.17, 15) is 4.79 Å². The monoisotopic (exact) mass is 200 g/mol. The van der Waals surface area contributed by atoms with Gasteiger partial charge in [-0.15, -0.1) is 0 Å². The van der Waals surface area contributed by atoms with Gasteiger partial charge in [0.05, 0.1) is 12.2 Å². The molecule has 5 nitrogen and oxygen atoms in total. The Morgan fingerprint density at radius 3 is 3.08 bits per heavy atom. The Hall–Kier alpha value is -0.720. The number of hydrogen-bond donors (Lipinski definition) is 4. The molecule has 2 aliphatic heterocycles. The van der Waals surface area contributed by atoms with Crippen LogP contribution in [0.3, 0.4) is 0 Å². The van der Waals surface area contributed by atoms with Crippen LogP contribution in [0.2, 0.25) is 0 Å². The number of rotatable bonds is 0. The quantitative estimate of drug-likeness (QED) is 0.350. The molecule has 2 rings (SSSR count). The van der Waals surface area contributed by atoms with Gasteiger partial charge in [-0.3, -0.25) is 15.4 Å². The third-order valence-corrected chi connectivity index (χ3v) is 2.53. The third-order valence-electron chi connectivity index (χ3n) is 2.31. The first-order valence-electron chi connectivity index (χ1n) is 4.27. The van der Waals surface area contributed by atoms with E-state index in [-0.39, 0.29) is 24.2 Å². The van der Waals surface area contributed by atoms with Crippen LogP contribution in [0, 0.1) is 0 Å². The zero-order valence-corrected chi connectivity index (χ0v) is 8.07. The molecule has 13 heavy (non-hydrogen) atoms. The zero-order valence-electron chi connectivity index (χ0n) is 7.26. The molecule has 2 aliphatic rings. The van der Waals surface area contributed by atoms with Crippen molar-refractivity contribution in [3.8, 4) is 0 Å². The molecule has 0 bridgehead atoms. The lowest BCUT2D eigenvalue weighted by Crippen LogP contribution is -2.73. The van der Waals surface area contributed by atoms with Gasteiger partial charge in [0, 0.05) is 6.54 Å². The zero-order chi connectivity index (χ0) is 9.42. The second kappa shape index (κ2) is 3.21. The maximum atomic E-state index is 11.5. The van der Waals surface area contributed by atoms with Crippen molar-refractivity contribution in [3.63, 3.8) is 0 Å². The van der Waals surface area contributed by atoms with Gasteiger partial charge in [-0.2, -0.15) is 0 Å². The van der Waals surface area contributed by atoms with Gasteiger partial charge < -0.3 is 10.6 Å². The molecular weight excluding hydrogens is 188 g/mol. The molecule has 6 heteroatoms. The predicted molar refractivity (Wildman–Crippen MR) is 52.1 cm³/mol. The molecule has 2 saturated heterocycles. The fourth-order valence-corrected chi connectivity index (χ4v) is 1.90. The molecule has 0 radical (unpaired) electrons. The fourth-order valence-electron chi connectivity index (χ4n) is 1.65. The van der Waals surface area contributed by atoms with Crippen LogP contribution in [-0.2, 0) is 4.79 Å². The summed E-state index contributed by atoms with van der Waals surface area (Å²) in [6.45, 7) is 2.74. The second-order valence-corrected chi connectivity index (χ2v) is 3.75. The van der Waals surface area contributed by atoms with Crippen LogP contribution >= 0.6 is 12.2 Å². The highest BCUT2D eigenvalue weighted by Crippen LogP contribution is 2.04. The Morgan fingerprint density at radius 2 is 2.31 bits per heavy atom. The van der Waals surface area contributed by atoms with Crippen LogP contribution in [0.15, 0.2) is 0 Å². The van der Waals surface area contributed by atoms with Crippen molar-refractivity contribution in [1.82, 2.24) is 21.3 Å². The lowest BCUT2D eigenvalue weighted by atomic mass is 10.0. The van der Waals surface area contributed by atoms with E-state index in [1.165, 1.54) is 0 Å². The smallest absolute Gasteiger partial charge is 0.245 e. The Labute approximate surface area is 81.6 Å². The fraction of sp³-hybridized carbons (Fsp3) is 0.714. The van der Waals surface area contributed by atoms with Crippen molar-refractivity contribution >= 4 is 23.2 Å². The van der Waals surface area contributed by atoms with E-state index in [2.05, 4.69) is 21.3 Å². The van der Waals surface area contributed by atoms with Crippen molar-refractivity contribution in [1.29, 1.82) is 0 Å². The highest BCUT2D eigenvalue weighted by molar-refractivity contribution is 7.80. The van der Waals surface area contributed by atoms with Crippen LogP contribution in [0.1, 0.15) is 6.92 Å². The number of thiocarbonyl (C=S) groups is 1. The summed E-state index contributed by atoms with van der Waals surface area (Å²) in [7, 11) is 0. The number of amides is 1. The number of fused-ring (bicyclic) bond motifs is 1. The van der Waals surface area contributed by atoms with Crippen molar-refractivity contribution in [3.05, 3.63) is 0 Å². The Morgan fingerprint density at radius 1 is 1.54 bits per heavy atom. The van der Waals surface area contributed by atoms with Crippen LogP contribution < -0.4 is 21.3 Å². The summed E-state index contributed by atoms with van der Waals surface area (Å²) in [6.07, 6.45) is 0.167. The first kappa shape index (κ1) is 8.86. The van der Waals surface area contributed by atoms with Crippen molar-refractivity contribution in [2.45, 2.75) is 25.2 Å². The minimum absolute atomic E-state index is 0.0397. The number of carbonyl (C=O) groups is 1. The minimum Gasteiger partial charge on any atom is -0.356 e. The summed E-state index contributed by atoms with van der Waals surface area (Å²) in [5.41, 5.74) is 0. The van der Waals surface area contributed by atoms with E-state index in [1.54, 1.807) is 0 Å². The lowest BCUT2D eigenvalue weighted by Gasteiger charge is -2.40. The van der Waals surface area contributed by atoms with Gasteiger partial charge in [-0.1, -0.05) is 0 Å². The molecule has 2 heterocycles. The molecule has 4 N–H and O–H groups in total. The molecule has 2 fully saturated rings. The molecule has 3 atom stereocenters. The maximum absolute atomic E-state index is 11.5. The summed E-state index contributed by atoms with van der Waals surface area (Å²) in [6, 6.07) is -0.111. The van der Waals surface area contributed by atoms with Crippen LogP contribution in [0.25, 0.3) is 0 Å². The largest absolute Gasteiger partial charge is 0.356 e. The van der Waals surface area contributed by atoms with E-state index < -0.39 is 0 Å². The lowest BCUT2D eigenvalue weighted by molar-refractivity contribution is -0.123. The topological polar surface area (TPSA) is 65.2 Å². The molecule has 0 aromatic rings. The van der Waals surface area contributed by atoms with Crippen LogP contribution in [0.4, 0.5) is 0 Å². The third kappa shape index (κ3) is 1.65.